The van der Waals surface area contributed by atoms with Gasteiger partial charge in [0.2, 0.25) is 17.9 Å². The van der Waals surface area contributed by atoms with Crippen LogP contribution in [0.15, 0.2) is 104 Å². The molecule has 0 amide bonds. The van der Waals surface area contributed by atoms with E-state index in [-0.39, 0.29) is 94.3 Å². The fraction of sp³-hybridized carbons (Fsp3) is 0.589. The van der Waals surface area contributed by atoms with Gasteiger partial charge in [-0.15, -0.1) is 0 Å². The lowest BCUT2D eigenvalue weighted by Crippen LogP contribution is -2.41. The molecule has 0 spiro atoms. The second kappa shape index (κ2) is 38.2. The first-order valence-corrected chi connectivity index (χ1v) is 39.0. The number of ketones is 4. The van der Waals surface area contributed by atoms with Crippen molar-refractivity contribution in [2.75, 3.05) is 13.2 Å². The molecule has 6 aliphatic carbocycles. The van der Waals surface area contributed by atoms with Gasteiger partial charge in [-0.2, -0.15) is 0 Å². The van der Waals surface area contributed by atoms with Crippen molar-refractivity contribution in [3.63, 3.8) is 0 Å². The van der Waals surface area contributed by atoms with Crippen LogP contribution >= 0.6 is 0 Å². The fourth-order valence-corrected chi connectivity index (χ4v) is 17.4. The smallest absolute Gasteiger partial charge is 0.308 e. The Hall–Kier alpha value is -8.01. The van der Waals surface area contributed by atoms with Crippen LogP contribution in [0, 0.1) is 61.2 Å². The summed E-state index contributed by atoms with van der Waals surface area (Å²) in [5, 5.41) is 0. The van der Waals surface area contributed by atoms with Gasteiger partial charge in [0.05, 0.1) is 13.2 Å². The molecule has 0 N–H and O–H groups in total. The van der Waals surface area contributed by atoms with Crippen molar-refractivity contribution >= 4 is 53.0 Å². The van der Waals surface area contributed by atoms with Gasteiger partial charge in [-0.05, 0) is 268 Å². The van der Waals surface area contributed by atoms with Gasteiger partial charge in [0.15, 0.2) is 23.1 Å². The van der Waals surface area contributed by atoms with Gasteiger partial charge in [-0.25, -0.2) is 0 Å². The van der Waals surface area contributed by atoms with Gasteiger partial charge in [0.1, 0.15) is 17.3 Å². The van der Waals surface area contributed by atoms with Crippen molar-refractivity contribution in [2.24, 2.45) is 47.3 Å². The number of fused-ring (bicyclic) bond motifs is 1. The molecule has 2 heterocycles. The number of esters is 5. The summed E-state index contributed by atoms with van der Waals surface area (Å²) in [5.41, 5.74) is 15.7. The molecule has 578 valence electrons. The van der Waals surface area contributed by atoms with Gasteiger partial charge in [-0.3, -0.25) is 43.2 Å². The molecule has 1 unspecified atom stereocenters. The highest BCUT2D eigenvalue weighted by molar-refractivity contribution is 6.50. The summed E-state index contributed by atoms with van der Waals surface area (Å²) in [7, 11) is 0. The number of carbonyl (C=O) groups excluding carboxylic acids is 9. The second-order valence-corrected chi connectivity index (χ2v) is 32.4. The molecule has 1 saturated heterocycles. The van der Waals surface area contributed by atoms with Crippen LogP contribution in [0.5, 0.6) is 23.0 Å². The highest BCUT2D eigenvalue weighted by atomic mass is 16.7. The first-order valence-electron chi connectivity index (χ1n) is 39.0. The summed E-state index contributed by atoms with van der Waals surface area (Å²) < 4.78 is 40.0. The normalized spacial score (nSPS) is 24.3. The van der Waals surface area contributed by atoms with E-state index in [0.29, 0.717) is 59.4 Å². The van der Waals surface area contributed by atoms with Crippen LogP contribution in [0.3, 0.4) is 0 Å². The SMILES string of the molecule is CC(=O)OC[C@@H](CCC=C(C)C)[C@@H]1CC[C@@H](C)c2c1cc(C)c(OC(C)=O)c2OC(C)=O.CC(=O)Oc1cc(C)c2c3c1[C@H](C)CC[C@H]3[C@H](CCC=C(C)C)C(OC(C)=O)O2.CC(C)=CCC[C@@H]1COC2=C(C)C(=O)C(=O)C3=C2[C@H]1CC[C@H]3C.CC(C)=CCC[C@H](C)[C@@H]1CC[C@@H](C)C2=C1C(=O)C(C)=CC2=O. The van der Waals surface area contributed by atoms with E-state index in [2.05, 4.69) is 114 Å². The van der Waals surface area contributed by atoms with E-state index in [1.165, 1.54) is 63.0 Å². The van der Waals surface area contributed by atoms with E-state index in [1.54, 1.807) is 13.8 Å². The molecule has 8 aliphatic rings. The summed E-state index contributed by atoms with van der Waals surface area (Å²) in [6, 6.07) is 3.92. The van der Waals surface area contributed by atoms with E-state index in [1.807, 2.05) is 26.0 Å². The molecule has 2 aromatic carbocycles. The molecular weight excluding hydrogens is 1340 g/mol. The summed E-state index contributed by atoms with van der Waals surface area (Å²) in [6.07, 6.45) is 25.7. The maximum atomic E-state index is 12.7. The standard InChI is InChI=1S/C26H36O6.C24H32O5.C20H26O3.C20H28O2/c1-15(2)9-8-10-21(14-30-18(5)27)22-12-11-16(3)24-23(22)13-17(4)25(31-19(6)28)26(24)32-20(7)29;1-13(2)8-7-9-19-18-11-10-14(3)21-20(27-16(5)25)12-15(4)23(22(18)21)29-24(19)28-17(6)26;1-11(2)6-5-7-14-10-23-20-13(4)18(21)19(22)16-12(3)8-9-15(14)17(16)20;1-12(2)7-6-8-13(3)16-10-9-14(4)18-17(21)11-15(5)20(22)19(16)18/h9,13,16,21-22H,8,10-12,14H2,1-7H3;8,12,14,18-19,24H,7,9-11H2,1-6H3;6,12,14-15H,5,7-10H2,1-4H3;7,11,13-14,16H,6,8-10H2,1-5H3/t16-,21-,22+;14-,18+,19+,24?;12-,14-,15+;13-,14+,16-/m1110/s1. The van der Waals surface area contributed by atoms with E-state index in [9.17, 15) is 43.2 Å². The number of benzene rings is 2. The van der Waals surface area contributed by atoms with E-state index < -0.39 is 18.2 Å². The van der Waals surface area contributed by atoms with E-state index >= 15 is 0 Å². The maximum Gasteiger partial charge on any atom is 0.308 e. The maximum absolute atomic E-state index is 12.7. The predicted octanol–water partition coefficient (Wildman–Crippen LogP) is 20.3. The van der Waals surface area contributed by atoms with Gasteiger partial charge in [0.25, 0.3) is 0 Å². The van der Waals surface area contributed by atoms with Crippen molar-refractivity contribution in [3.8, 4) is 23.0 Å². The fourth-order valence-electron chi connectivity index (χ4n) is 17.4. The molecule has 1 fully saturated rings. The van der Waals surface area contributed by atoms with Crippen molar-refractivity contribution in [2.45, 2.75) is 285 Å². The Morgan fingerprint density at radius 2 is 1.05 bits per heavy atom. The number of Topliss-reactive ketones (excluding diaryl/α,β-unsaturated/α-hetero) is 3. The van der Waals surface area contributed by atoms with Gasteiger partial charge in [-0.1, -0.05) is 87.3 Å². The van der Waals surface area contributed by atoms with Crippen LogP contribution in [0.25, 0.3) is 0 Å². The molecule has 10 rings (SSSR count). The molecular formula is C90H122O16. The van der Waals surface area contributed by atoms with Crippen LogP contribution < -0.4 is 18.9 Å². The number of allylic oxidation sites excluding steroid dienone is 15. The van der Waals surface area contributed by atoms with Crippen LogP contribution in [0.1, 0.15) is 298 Å². The van der Waals surface area contributed by atoms with Crippen molar-refractivity contribution < 1.29 is 76.3 Å². The average molecular weight is 1460 g/mol. The first-order chi connectivity index (χ1) is 49.9. The lowest BCUT2D eigenvalue weighted by molar-refractivity contribution is -0.174. The van der Waals surface area contributed by atoms with Gasteiger partial charge < -0.3 is 33.2 Å². The number of rotatable bonds is 20. The quantitative estimate of drug-likeness (QED) is 0.0300. The van der Waals surface area contributed by atoms with Crippen molar-refractivity contribution in [3.05, 3.63) is 137 Å². The molecule has 16 nitrogen and oxygen atoms in total. The molecule has 16 heteroatoms. The molecule has 0 saturated carbocycles. The van der Waals surface area contributed by atoms with Gasteiger partial charge >= 0.3 is 29.8 Å². The summed E-state index contributed by atoms with van der Waals surface area (Å²) in [6.45, 7) is 42.7. The Kier molecular flexibility index (Phi) is 30.7. The topological polar surface area (TPSA) is 218 Å². The molecule has 106 heavy (non-hydrogen) atoms. The Morgan fingerprint density at radius 1 is 0.509 bits per heavy atom. The summed E-state index contributed by atoms with van der Waals surface area (Å²) in [4.78, 5) is 108. The molecule has 0 radical (unpaired) electrons. The Bertz CT molecular complexity index is 3950. The first kappa shape index (κ1) is 85.2. The van der Waals surface area contributed by atoms with Crippen LogP contribution in [0.2, 0.25) is 0 Å². The number of hydrogen-bond acceptors (Lipinski definition) is 16. The Balaban J connectivity index is 0.000000199. The highest BCUT2D eigenvalue weighted by Gasteiger charge is 2.48. The number of carbonyl (C=O) groups is 9. The summed E-state index contributed by atoms with van der Waals surface area (Å²) in [5.74, 6) is 3.35. The minimum absolute atomic E-state index is 0.0697. The summed E-state index contributed by atoms with van der Waals surface area (Å²) >= 11 is 0. The highest BCUT2D eigenvalue weighted by Crippen LogP contribution is 2.57. The van der Waals surface area contributed by atoms with Crippen LogP contribution in [0.4, 0.5) is 0 Å². The number of hydrogen-bond donors (Lipinski definition) is 0. The zero-order valence-electron chi connectivity index (χ0n) is 67.8. The van der Waals surface area contributed by atoms with Crippen LogP contribution in [-0.2, 0) is 57.4 Å². The molecule has 2 aromatic rings. The largest absolute Gasteiger partial charge is 0.493 e. The lowest BCUT2D eigenvalue weighted by atomic mass is 9.65. The third-order valence-corrected chi connectivity index (χ3v) is 22.6. The van der Waals surface area contributed by atoms with E-state index in [0.717, 1.165) is 170 Å². The second-order valence-electron chi connectivity index (χ2n) is 32.4. The van der Waals surface area contributed by atoms with Crippen molar-refractivity contribution in [1.82, 2.24) is 0 Å². The van der Waals surface area contributed by atoms with Crippen molar-refractivity contribution in [1.29, 1.82) is 0 Å². The molecule has 0 aromatic heterocycles. The minimum atomic E-state index is -0.588. The molecule has 0 bridgehead atoms. The monoisotopic (exact) mass is 1460 g/mol. The Morgan fingerprint density at radius 3 is 1.65 bits per heavy atom. The minimum Gasteiger partial charge on any atom is -0.493 e. The third kappa shape index (κ3) is 21.2. The zero-order chi connectivity index (χ0) is 78.5. The lowest BCUT2D eigenvalue weighted by Gasteiger charge is -2.44. The Labute approximate surface area is 632 Å². The zero-order valence-corrected chi connectivity index (χ0v) is 67.8. The van der Waals surface area contributed by atoms with Crippen LogP contribution in [-0.4, -0.2) is 72.5 Å². The number of aryl methyl sites for hydroxylation is 2. The van der Waals surface area contributed by atoms with E-state index in [4.69, 9.17) is 33.2 Å². The number of ether oxygens (including phenoxy) is 7. The third-order valence-electron chi connectivity index (χ3n) is 22.6. The average Bonchev–Trinajstić information content (AvgIpc) is 0.740. The van der Waals surface area contributed by atoms with Gasteiger partial charge in [0, 0.05) is 103 Å². The molecule has 2 aliphatic heterocycles. The predicted molar refractivity (Wildman–Crippen MR) is 414 cm³/mol. The molecule has 13 atom stereocenters.